The van der Waals surface area contributed by atoms with E-state index in [4.69, 9.17) is 0 Å². The van der Waals surface area contributed by atoms with E-state index in [0.29, 0.717) is 17.1 Å². The molecule has 9 nitrogen and oxygen atoms in total. The number of nitrogens with zero attached hydrogens (tertiary/aromatic N) is 3. The summed E-state index contributed by atoms with van der Waals surface area (Å²) in [5.74, 6) is -2.81. The third kappa shape index (κ3) is 8.68. The topological polar surface area (TPSA) is 118 Å². The quantitative estimate of drug-likeness (QED) is 0.371. The average Bonchev–Trinajstić information content (AvgIpc) is 3.11. The minimum Gasteiger partial charge on any atom is -0.383 e. The van der Waals surface area contributed by atoms with Gasteiger partial charge in [-0.25, -0.2) is 8.93 Å². The zero-order chi connectivity index (χ0) is 26.2. The fourth-order valence-corrected chi connectivity index (χ4v) is 5.58. The van der Waals surface area contributed by atoms with Gasteiger partial charge in [0, 0.05) is 31.9 Å². The summed E-state index contributed by atoms with van der Waals surface area (Å²) < 4.78 is 52.5. The van der Waals surface area contributed by atoms with Gasteiger partial charge in [-0.3, -0.25) is 9.59 Å². The van der Waals surface area contributed by atoms with Gasteiger partial charge in [0.1, 0.15) is 28.2 Å². The van der Waals surface area contributed by atoms with E-state index in [1.807, 2.05) is 19.0 Å². The molecule has 1 aliphatic rings. The number of hydrogen-bond donors (Lipinski definition) is 3. The van der Waals surface area contributed by atoms with Crippen molar-refractivity contribution < 1.29 is 27.0 Å². The molecular formula is C21H29F3N6O3S2. The highest BCUT2D eigenvalue weighted by Crippen LogP contribution is 2.36. The van der Waals surface area contributed by atoms with Crippen LogP contribution in [0, 0.1) is 17.2 Å². The van der Waals surface area contributed by atoms with Gasteiger partial charge in [0.2, 0.25) is 11.8 Å². The maximum Gasteiger partial charge on any atom is 0.405 e. The predicted octanol–water partition coefficient (Wildman–Crippen LogP) is 1.38. The predicted molar refractivity (Wildman–Crippen MR) is 129 cm³/mol. The van der Waals surface area contributed by atoms with Crippen molar-refractivity contribution in [2.45, 2.75) is 28.6 Å². The van der Waals surface area contributed by atoms with Gasteiger partial charge in [-0.1, -0.05) is 0 Å². The molecule has 1 aromatic rings. The molecule has 0 aromatic heterocycles. The SMILES string of the molecule is CCN1C(=O)C(CNc2ccc(S(=O)NCCN(C)C)cc2)S[C@H]1C(C#N)C(=O)NCC(F)(F)F. The Labute approximate surface area is 209 Å². The summed E-state index contributed by atoms with van der Waals surface area (Å²) in [5.41, 5.74) is 0.679. The van der Waals surface area contributed by atoms with Crippen LogP contribution in [0.2, 0.25) is 0 Å². The molecule has 1 aliphatic heterocycles. The lowest BCUT2D eigenvalue weighted by atomic mass is 10.1. The van der Waals surface area contributed by atoms with Crippen molar-refractivity contribution in [2.75, 3.05) is 52.1 Å². The monoisotopic (exact) mass is 534 g/mol. The number of carbonyl (C=O) groups is 2. The third-order valence-electron chi connectivity index (χ3n) is 5.03. The van der Waals surface area contributed by atoms with Gasteiger partial charge in [0.05, 0.1) is 11.0 Å². The van der Waals surface area contributed by atoms with Crippen molar-refractivity contribution in [1.82, 2.24) is 19.8 Å². The molecule has 0 saturated carbocycles. The molecule has 1 heterocycles. The van der Waals surface area contributed by atoms with E-state index in [-0.39, 0.29) is 19.0 Å². The smallest absolute Gasteiger partial charge is 0.383 e. The minimum absolute atomic E-state index is 0.183. The molecule has 194 valence electrons. The number of carbonyl (C=O) groups excluding carboxylic acids is 2. The summed E-state index contributed by atoms with van der Waals surface area (Å²) in [4.78, 5) is 28.9. The van der Waals surface area contributed by atoms with Gasteiger partial charge in [-0.15, -0.1) is 11.8 Å². The number of thioether (sulfide) groups is 1. The average molecular weight is 535 g/mol. The van der Waals surface area contributed by atoms with E-state index in [9.17, 15) is 32.2 Å². The normalized spacial score (nSPS) is 19.9. The Morgan fingerprint density at radius 1 is 1.31 bits per heavy atom. The Bertz CT molecular complexity index is 940. The van der Waals surface area contributed by atoms with Crippen molar-refractivity contribution in [3.05, 3.63) is 24.3 Å². The molecule has 14 heteroatoms. The lowest BCUT2D eigenvalue weighted by Crippen LogP contribution is -2.45. The van der Waals surface area contributed by atoms with Crippen molar-refractivity contribution in [3.8, 4) is 6.07 Å². The van der Waals surface area contributed by atoms with Crippen molar-refractivity contribution >= 4 is 40.2 Å². The molecule has 3 unspecified atom stereocenters. The first-order chi connectivity index (χ1) is 16.5. The van der Waals surface area contributed by atoms with Crippen LogP contribution in [-0.2, 0) is 20.6 Å². The van der Waals surface area contributed by atoms with Crippen LogP contribution in [0.3, 0.4) is 0 Å². The molecule has 1 aromatic carbocycles. The summed E-state index contributed by atoms with van der Waals surface area (Å²) in [5, 5.41) is 12.8. The number of anilines is 1. The fraction of sp³-hybridized carbons (Fsp3) is 0.571. The zero-order valence-corrected chi connectivity index (χ0v) is 21.2. The molecule has 1 fully saturated rings. The first kappa shape index (κ1) is 28.9. The van der Waals surface area contributed by atoms with Crippen molar-refractivity contribution in [2.24, 2.45) is 5.92 Å². The summed E-state index contributed by atoms with van der Waals surface area (Å²) in [7, 11) is 2.48. The number of alkyl halides is 3. The number of likely N-dealkylation sites (N-methyl/N-ethyl adjacent to an activating group) is 1. The maximum absolute atomic E-state index is 12.8. The molecular weight excluding hydrogens is 505 g/mol. The van der Waals surface area contributed by atoms with Gasteiger partial charge in [-0.05, 0) is 45.3 Å². The maximum atomic E-state index is 12.8. The standard InChI is InChI=1S/C21H29F3N6O3S2/c1-4-30-19(32)17(34-20(30)16(11-25)18(31)27-13-21(22,23)24)12-26-14-5-7-15(8-6-14)35(33)28-9-10-29(2)3/h5-8,16-17,20,26,28H,4,9-10,12-13H2,1-3H3,(H,27,31)/t16?,17?,20-,35?/m0/s1. The highest BCUT2D eigenvalue weighted by Gasteiger charge is 2.46. The van der Waals surface area contributed by atoms with Crippen LogP contribution in [0.15, 0.2) is 29.2 Å². The molecule has 0 aliphatic carbocycles. The molecule has 4 atom stereocenters. The number of amides is 2. The Hall–Kier alpha value is -2.34. The van der Waals surface area contributed by atoms with E-state index in [2.05, 4.69) is 10.0 Å². The van der Waals surface area contributed by atoms with Crippen LogP contribution in [0.5, 0.6) is 0 Å². The highest BCUT2D eigenvalue weighted by molar-refractivity contribution is 8.01. The third-order valence-corrected chi connectivity index (χ3v) is 7.70. The van der Waals surface area contributed by atoms with E-state index in [0.717, 1.165) is 18.3 Å². The second-order valence-corrected chi connectivity index (χ2v) is 10.6. The molecule has 2 amide bonds. The molecule has 1 saturated heterocycles. The Morgan fingerprint density at radius 2 is 1.97 bits per heavy atom. The van der Waals surface area contributed by atoms with Crippen LogP contribution in [-0.4, -0.2) is 89.4 Å². The lowest BCUT2D eigenvalue weighted by Gasteiger charge is -2.25. The van der Waals surface area contributed by atoms with Crippen molar-refractivity contribution in [3.63, 3.8) is 0 Å². The summed E-state index contributed by atoms with van der Waals surface area (Å²) >= 11 is 1.07. The van der Waals surface area contributed by atoms with E-state index in [1.165, 1.54) is 4.90 Å². The molecule has 35 heavy (non-hydrogen) atoms. The van der Waals surface area contributed by atoms with Crippen LogP contribution in [0.4, 0.5) is 18.9 Å². The second kappa shape index (κ2) is 13.1. The number of hydrogen-bond acceptors (Lipinski definition) is 7. The zero-order valence-electron chi connectivity index (χ0n) is 19.6. The molecule has 0 radical (unpaired) electrons. The van der Waals surface area contributed by atoms with E-state index < -0.39 is 46.2 Å². The fourth-order valence-electron chi connectivity index (χ4n) is 3.24. The van der Waals surface area contributed by atoms with Gasteiger partial charge in [0.25, 0.3) is 0 Å². The minimum atomic E-state index is -4.60. The molecule has 3 N–H and O–H groups in total. The first-order valence-corrected chi connectivity index (χ1v) is 12.9. The number of rotatable bonds is 12. The van der Waals surface area contributed by atoms with Gasteiger partial charge in [0.15, 0.2) is 5.92 Å². The first-order valence-electron chi connectivity index (χ1n) is 10.8. The van der Waals surface area contributed by atoms with Gasteiger partial charge < -0.3 is 20.4 Å². The van der Waals surface area contributed by atoms with Crippen LogP contribution in [0.25, 0.3) is 0 Å². The van der Waals surface area contributed by atoms with Crippen molar-refractivity contribution in [1.29, 1.82) is 5.26 Å². The van der Waals surface area contributed by atoms with Gasteiger partial charge in [-0.2, -0.15) is 18.4 Å². The second-order valence-electron chi connectivity index (χ2n) is 7.95. The Kier molecular flexibility index (Phi) is 10.8. The molecule has 0 spiro atoms. The van der Waals surface area contributed by atoms with E-state index >= 15 is 0 Å². The van der Waals surface area contributed by atoms with E-state index in [1.54, 1.807) is 42.6 Å². The number of nitrogens with one attached hydrogen (secondary N) is 3. The lowest BCUT2D eigenvalue weighted by molar-refractivity contribution is -0.141. The summed E-state index contributed by atoms with van der Waals surface area (Å²) in [6, 6.07) is 8.59. The summed E-state index contributed by atoms with van der Waals surface area (Å²) in [6.45, 7) is 1.83. The number of benzene rings is 1. The molecule has 0 bridgehead atoms. The highest BCUT2D eigenvalue weighted by atomic mass is 32.2. The van der Waals surface area contributed by atoms with Crippen LogP contribution < -0.4 is 15.4 Å². The van der Waals surface area contributed by atoms with Gasteiger partial charge >= 0.3 is 6.18 Å². The van der Waals surface area contributed by atoms with Crippen LogP contribution in [0.1, 0.15) is 6.92 Å². The Balaban J connectivity index is 1.96. The Morgan fingerprint density at radius 3 is 2.51 bits per heavy atom. The largest absolute Gasteiger partial charge is 0.405 e. The van der Waals surface area contributed by atoms with Crippen LogP contribution >= 0.6 is 11.8 Å². The summed E-state index contributed by atoms with van der Waals surface area (Å²) in [6.07, 6.45) is -4.60. The molecule has 2 rings (SSSR count). The number of halogens is 3. The number of nitriles is 1.